The third kappa shape index (κ3) is 7.41. The van der Waals surface area contributed by atoms with E-state index in [2.05, 4.69) is 48.4 Å². The number of rotatable bonds is 10. The first kappa shape index (κ1) is 33.3. The molecule has 2 aliphatic rings. The summed E-state index contributed by atoms with van der Waals surface area (Å²) in [6, 6.07) is 24.0. The normalized spacial score (nSPS) is 19.2. The first-order valence-corrected chi connectivity index (χ1v) is 16.9. The van der Waals surface area contributed by atoms with Crippen LogP contribution in [0.4, 0.5) is 16.3 Å². The van der Waals surface area contributed by atoms with Crippen LogP contribution < -0.4 is 20.1 Å². The van der Waals surface area contributed by atoms with Crippen molar-refractivity contribution in [2.45, 2.75) is 77.3 Å². The molecule has 0 saturated carbocycles. The van der Waals surface area contributed by atoms with Gasteiger partial charge < -0.3 is 14.8 Å². The molecular formula is C39H47N5O4. The van der Waals surface area contributed by atoms with Gasteiger partial charge in [-0.25, -0.2) is 9.48 Å². The molecule has 6 rings (SSSR count). The molecule has 3 heterocycles. The van der Waals surface area contributed by atoms with Gasteiger partial charge in [0.25, 0.3) is 0 Å². The van der Waals surface area contributed by atoms with E-state index in [0.717, 1.165) is 54.7 Å². The highest BCUT2D eigenvalue weighted by Gasteiger charge is 2.41. The highest BCUT2D eigenvalue weighted by atomic mass is 16.5. The fourth-order valence-corrected chi connectivity index (χ4v) is 7.20. The molecule has 252 valence electrons. The lowest BCUT2D eigenvalue weighted by molar-refractivity contribution is 0.0742. The third-order valence-corrected chi connectivity index (χ3v) is 9.72. The Kier molecular flexibility index (Phi) is 9.60. The molecule has 0 spiro atoms. The molecule has 2 amide bonds. The third-order valence-electron chi connectivity index (χ3n) is 9.72. The average molecular weight is 650 g/mol. The zero-order valence-corrected chi connectivity index (χ0v) is 28.9. The van der Waals surface area contributed by atoms with Gasteiger partial charge in [0.1, 0.15) is 17.3 Å². The molecule has 48 heavy (non-hydrogen) atoms. The van der Waals surface area contributed by atoms with Crippen LogP contribution in [0.15, 0.2) is 72.8 Å². The largest absolute Gasteiger partial charge is 0.497 e. The highest BCUT2D eigenvalue weighted by Crippen LogP contribution is 2.40. The van der Waals surface area contributed by atoms with Crippen molar-refractivity contribution in [2.24, 2.45) is 5.92 Å². The second kappa shape index (κ2) is 13.8. The Bertz CT molecular complexity index is 1760. The van der Waals surface area contributed by atoms with Crippen molar-refractivity contribution in [3.63, 3.8) is 0 Å². The zero-order valence-electron chi connectivity index (χ0n) is 28.9. The molecule has 2 fully saturated rings. The second-order valence-corrected chi connectivity index (χ2v) is 14.3. The lowest BCUT2D eigenvalue weighted by Gasteiger charge is -2.38. The van der Waals surface area contributed by atoms with E-state index in [9.17, 15) is 9.59 Å². The number of urea groups is 1. The van der Waals surface area contributed by atoms with E-state index in [1.807, 2.05) is 55.5 Å². The van der Waals surface area contributed by atoms with Gasteiger partial charge in [-0.2, -0.15) is 5.10 Å². The van der Waals surface area contributed by atoms with Gasteiger partial charge in [0.05, 0.1) is 37.7 Å². The number of carbonyl (C=O) groups excluding carboxylic acids is 2. The summed E-state index contributed by atoms with van der Waals surface area (Å²) in [5.41, 5.74) is 5.28. The smallest absolute Gasteiger partial charge is 0.324 e. The number of aryl methyl sites for hydroxylation is 1. The Morgan fingerprint density at radius 3 is 2.29 bits per heavy atom. The number of nitrogens with zero attached hydrogens (tertiary/aromatic N) is 3. The van der Waals surface area contributed by atoms with Crippen LogP contribution in [0.25, 0.3) is 5.69 Å². The zero-order chi connectivity index (χ0) is 34.0. The van der Waals surface area contributed by atoms with Crippen molar-refractivity contribution in [3.8, 4) is 17.2 Å². The molecule has 9 nitrogen and oxygen atoms in total. The Labute approximate surface area is 283 Å². The Hall–Kier alpha value is -4.63. The van der Waals surface area contributed by atoms with Crippen molar-refractivity contribution < 1.29 is 19.1 Å². The summed E-state index contributed by atoms with van der Waals surface area (Å²) in [5.74, 6) is 2.43. The maximum atomic E-state index is 13.4. The Morgan fingerprint density at radius 2 is 1.62 bits per heavy atom. The fraction of sp³-hybridized carbons (Fsp3) is 0.410. The van der Waals surface area contributed by atoms with Crippen LogP contribution in [-0.2, 0) is 11.8 Å². The number of fused-ring (bicyclic) bond motifs is 2. The first-order chi connectivity index (χ1) is 23.0. The highest BCUT2D eigenvalue weighted by molar-refractivity contribution is 6.01. The summed E-state index contributed by atoms with van der Waals surface area (Å²) in [6.45, 7) is 8.77. The SMILES string of the molecule is COc1ccc(OC)c(C(=O)CN2C3CCC2CC(Cc2cccc(NC(=O)Nc4cc(C(C)(C)C)nn4-c4ccc(C)cc4)c2)C3)c1. The molecule has 2 N–H and O–H groups in total. The molecular weight excluding hydrogens is 602 g/mol. The van der Waals surface area contributed by atoms with Crippen LogP contribution >= 0.6 is 0 Å². The molecule has 2 aliphatic heterocycles. The van der Waals surface area contributed by atoms with E-state index < -0.39 is 0 Å². The molecule has 3 aromatic carbocycles. The van der Waals surface area contributed by atoms with Gasteiger partial charge in [0.15, 0.2) is 5.78 Å². The second-order valence-electron chi connectivity index (χ2n) is 14.3. The summed E-state index contributed by atoms with van der Waals surface area (Å²) in [6.07, 6.45) is 5.26. The Balaban J connectivity index is 1.08. The Morgan fingerprint density at radius 1 is 0.896 bits per heavy atom. The minimum absolute atomic E-state index is 0.0645. The minimum Gasteiger partial charge on any atom is -0.497 e. The van der Waals surface area contributed by atoms with Gasteiger partial charge in [-0.3, -0.25) is 15.0 Å². The van der Waals surface area contributed by atoms with Gasteiger partial charge >= 0.3 is 6.03 Å². The van der Waals surface area contributed by atoms with Crippen LogP contribution in [-0.4, -0.2) is 59.3 Å². The number of amides is 2. The number of Topliss-reactive ketones (excluding diaryl/α,β-unsaturated/α-hetero) is 1. The summed E-state index contributed by atoms with van der Waals surface area (Å²) in [4.78, 5) is 29.1. The lowest BCUT2D eigenvalue weighted by atomic mass is 9.85. The number of hydrogen-bond donors (Lipinski definition) is 2. The number of methoxy groups -OCH3 is 2. The number of benzene rings is 3. The summed E-state index contributed by atoms with van der Waals surface area (Å²) in [7, 11) is 3.20. The van der Waals surface area contributed by atoms with Gasteiger partial charge in [0.2, 0.25) is 0 Å². The number of carbonyl (C=O) groups is 2. The average Bonchev–Trinajstić information content (AvgIpc) is 3.58. The molecule has 1 aromatic heterocycles. The van der Waals surface area contributed by atoms with Crippen LogP contribution in [0.2, 0.25) is 0 Å². The number of anilines is 2. The monoisotopic (exact) mass is 649 g/mol. The van der Waals surface area contributed by atoms with Gasteiger partial charge in [-0.15, -0.1) is 0 Å². The maximum Gasteiger partial charge on any atom is 0.324 e. The number of hydrogen-bond acceptors (Lipinski definition) is 6. The van der Waals surface area contributed by atoms with Crippen molar-refractivity contribution in [3.05, 3.63) is 95.2 Å². The minimum atomic E-state index is -0.315. The van der Waals surface area contributed by atoms with E-state index in [0.29, 0.717) is 47.4 Å². The number of piperidine rings is 1. The summed E-state index contributed by atoms with van der Waals surface area (Å²) < 4.78 is 12.6. The molecule has 4 aromatic rings. The topological polar surface area (TPSA) is 97.7 Å². The number of ketones is 1. The molecule has 2 saturated heterocycles. The molecule has 0 aliphatic carbocycles. The van der Waals surface area contributed by atoms with Gasteiger partial charge in [0, 0.05) is 29.3 Å². The van der Waals surface area contributed by atoms with Crippen molar-refractivity contribution in [1.29, 1.82) is 0 Å². The predicted octanol–water partition coefficient (Wildman–Crippen LogP) is 7.81. The fourth-order valence-electron chi connectivity index (χ4n) is 7.20. The predicted molar refractivity (Wildman–Crippen MR) is 190 cm³/mol. The molecule has 0 radical (unpaired) electrons. The van der Waals surface area contributed by atoms with Crippen molar-refractivity contribution >= 4 is 23.3 Å². The molecule has 2 atom stereocenters. The van der Waals surface area contributed by atoms with Gasteiger partial charge in [-0.05, 0) is 93.0 Å². The lowest BCUT2D eigenvalue weighted by Crippen LogP contribution is -2.45. The summed E-state index contributed by atoms with van der Waals surface area (Å²) >= 11 is 0. The van der Waals surface area contributed by atoms with E-state index in [4.69, 9.17) is 14.6 Å². The number of aromatic nitrogens is 2. The van der Waals surface area contributed by atoms with Crippen LogP contribution in [0.5, 0.6) is 11.5 Å². The van der Waals surface area contributed by atoms with E-state index >= 15 is 0 Å². The van der Waals surface area contributed by atoms with Crippen molar-refractivity contribution in [1.82, 2.24) is 14.7 Å². The van der Waals surface area contributed by atoms with Crippen molar-refractivity contribution in [2.75, 3.05) is 31.4 Å². The molecule has 9 heteroatoms. The number of nitrogens with one attached hydrogen (secondary N) is 2. The maximum absolute atomic E-state index is 13.4. The van der Waals surface area contributed by atoms with Crippen LogP contribution in [0.3, 0.4) is 0 Å². The summed E-state index contributed by atoms with van der Waals surface area (Å²) in [5, 5.41) is 10.9. The first-order valence-electron chi connectivity index (χ1n) is 16.9. The van der Waals surface area contributed by atoms with E-state index in [1.165, 1.54) is 5.56 Å². The van der Waals surface area contributed by atoms with E-state index in [1.54, 1.807) is 31.0 Å². The van der Waals surface area contributed by atoms with E-state index in [-0.39, 0.29) is 17.2 Å². The van der Waals surface area contributed by atoms with Crippen LogP contribution in [0, 0.1) is 12.8 Å². The standard InChI is InChI=1S/C39H47N5O4/c1-25-10-12-29(13-11-25)44-37(23-36(42-44)39(2,3)4)41-38(46)40-28-9-7-8-26(19-28)18-27-20-30-14-15-31(21-27)43(30)24-34(45)33-22-32(47-5)16-17-35(33)48-6/h7-13,16-17,19,22-23,27,30-31H,14-15,18,20-21,24H2,1-6H3,(H2,40,41,46). The molecule has 2 bridgehead atoms. The molecule has 2 unspecified atom stereocenters. The number of ether oxygens (including phenoxy) is 2. The quantitative estimate of drug-likeness (QED) is 0.170. The van der Waals surface area contributed by atoms with Gasteiger partial charge in [-0.1, -0.05) is 50.6 Å². The van der Waals surface area contributed by atoms with Crippen LogP contribution in [0.1, 0.15) is 73.6 Å².